The number of fused-ring (bicyclic) bond motifs is 1. The van der Waals surface area contributed by atoms with Crippen molar-refractivity contribution in [2.24, 2.45) is 5.92 Å². The van der Waals surface area contributed by atoms with Crippen molar-refractivity contribution in [2.75, 3.05) is 5.32 Å². The zero-order valence-electron chi connectivity index (χ0n) is 16.6. The standard InChI is InChI=1S/C20H18F5N5O/c1-10-3-15-14(28-18(10)29-17(31)5-12-6-19(12,21)22)4-11(2)30(15)9-13-7-27-16(8-26-13)20(23,24)25/h3-4,7-8,12H,5-6,9H2,1-2H3,(H,28,29,31)/t12-/m0/s1. The molecule has 1 N–H and O–H groups in total. The Morgan fingerprint density at radius 3 is 2.52 bits per heavy atom. The smallest absolute Gasteiger partial charge is 0.337 e. The van der Waals surface area contributed by atoms with E-state index in [0.717, 1.165) is 11.9 Å². The van der Waals surface area contributed by atoms with E-state index in [9.17, 15) is 26.7 Å². The molecule has 0 spiro atoms. The number of carbonyl (C=O) groups is 1. The normalized spacial score (nSPS) is 17.7. The number of anilines is 1. The Morgan fingerprint density at radius 2 is 1.94 bits per heavy atom. The maximum atomic E-state index is 13.0. The van der Waals surface area contributed by atoms with E-state index in [0.29, 0.717) is 28.5 Å². The Labute approximate surface area is 173 Å². The summed E-state index contributed by atoms with van der Waals surface area (Å²) in [5, 5.41) is 2.59. The van der Waals surface area contributed by atoms with Crippen LogP contribution in [0.2, 0.25) is 0 Å². The van der Waals surface area contributed by atoms with Crippen LogP contribution in [0.5, 0.6) is 0 Å². The lowest BCUT2D eigenvalue weighted by atomic mass is 10.2. The number of pyridine rings is 1. The molecule has 1 aliphatic carbocycles. The van der Waals surface area contributed by atoms with Gasteiger partial charge in [0.25, 0.3) is 5.92 Å². The molecular weight excluding hydrogens is 421 g/mol. The molecule has 1 amide bonds. The number of alkyl halides is 5. The summed E-state index contributed by atoms with van der Waals surface area (Å²) in [5.41, 5.74) is 1.94. The molecule has 1 saturated carbocycles. The van der Waals surface area contributed by atoms with Crippen LogP contribution in [0.15, 0.2) is 24.5 Å². The van der Waals surface area contributed by atoms with Crippen LogP contribution in [0, 0.1) is 19.8 Å². The van der Waals surface area contributed by atoms with Gasteiger partial charge in [-0.05, 0) is 31.5 Å². The van der Waals surface area contributed by atoms with Crippen molar-refractivity contribution >= 4 is 22.8 Å². The molecular formula is C20H18F5N5O. The monoisotopic (exact) mass is 439 g/mol. The number of nitrogens with one attached hydrogen (secondary N) is 1. The van der Waals surface area contributed by atoms with E-state index in [-0.39, 0.29) is 25.2 Å². The van der Waals surface area contributed by atoms with Crippen LogP contribution in [0.25, 0.3) is 11.0 Å². The number of rotatable bonds is 5. The van der Waals surface area contributed by atoms with Gasteiger partial charge in [-0.2, -0.15) is 13.2 Å². The third kappa shape index (κ3) is 4.35. The largest absolute Gasteiger partial charge is 0.434 e. The summed E-state index contributed by atoms with van der Waals surface area (Å²) in [6, 6.07) is 3.53. The van der Waals surface area contributed by atoms with Gasteiger partial charge in [0.15, 0.2) is 5.69 Å². The molecule has 0 bridgehead atoms. The molecule has 6 nitrogen and oxygen atoms in total. The first kappa shape index (κ1) is 21.1. The van der Waals surface area contributed by atoms with Gasteiger partial charge < -0.3 is 9.88 Å². The third-order valence-corrected chi connectivity index (χ3v) is 5.24. The quantitative estimate of drug-likeness (QED) is 0.595. The molecule has 1 fully saturated rings. The van der Waals surface area contributed by atoms with E-state index in [1.54, 1.807) is 19.1 Å². The second kappa shape index (κ2) is 7.24. The Hall–Kier alpha value is -3.11. The molecule has 1 aliphatic rings. The van der Waals surface area contributed by atoms with Crippen molar-refractivity contribution in [1.29, 1.82) is 0 Å². The molecule has 0 aromatic carbocycles. The molecule has 11 heteroatoms. The average molecular weight is 439 g/mol. The molecule has 3 heterocycles. The van der Waals surface area contributed by atoms with Crippen molar-refractivity contribution in [2.45, 2.75) is 45.3 Å². The minimum Gasteiger partial charge on any atom is -0.337 e. The van der Waals surface area contributed by atoms with Gasteiger partial charge in [0.2, 0.25) is 5.91 Å². The van der Waals surface area contributed by atoms with Crippen molar-refractivity contribution in [3.05, 3.63) is 47.2 Å². The zero-order chi connectivity index (χ0) is 22.6. The van der Waals surface area contributed by atoms with Crippen molar-refractivity contribution in [3.8, 4) is 0 Å². The van der Waals surface area contributed by atoms with Crippen molar-refractivity contribution in [3.63, 3.8) is 0 Å². The first-order valence-electron chi connectivity index (χ1n) is 9.47. The number of halogens is 5. The summed E-state index contributed by atoms with van der Waals surface area (Å²) < 4.78 is 65.9. The van der Waals surface area contributed by atoms with Crippen molar-refractivity contribution < 1.29 is 26.7 Å². The third-order valence-electron chi connectivity index (χ3n) is 5.24. The molecule has 3 aromatic heterocycles. The summed E-state index contributed by atoms with van der Waals surface area (Å²) in [6.45, 7) is 3.71. The van der Waals surface area contributed by atoms with E-state index in [2.05, 4.69) is 20.3 Å². The summed E-state index contributed by atoms with van der Waals surface area (Å²) >= 11 is 0. The highest BCUT2D eigenvalue weighted by atomic mass is 19.4. The molecule has 1 atom stereocenters. The number of amides is 1. The zero-order valence-corrected chi connectivity index (χ0v) is 16.6. The topological polar surface area (TPSA) is 72.7 Å². The summed E-state index contributed by atoms with van der Waals surface area (Å²) in [5.74, 6) is -3.93. The Balaban J connectivity index is 1.55. The van der Waals surface area contributed by atoms with Gasteiger partial charge in [0.1, 0.15) is 5.82 Å². The second-order valence-electron chi connectivity index (χ2n) is 7.74. The van der Waals surface area contributed by atoms with E-state index in [1.165, 1.54) is 0 Å². The van der Waals surface area contributed by atoms with E-state index in [1.807, 2.05) is 11.5 Å². The van der Waals surface area contributed by atoms with Gasteiger partial charge in [-0.1, -0.05) is 0 Å². The van der Waals surface area contributed by atoms with Crippen LogP contribution >= 0.6 is 0 Å². The maximum Gasteiger partial charge on any atom is 0.434 e. The summed E-state index contributed by atoms with van der Waals surface area (Å²) in [6.07, 6.45) is -3.33. The van der Waals surface area contributed by atoms with Crippen LogP contribution < -0.4 is 5.32 Å². The predicted octanol–water partition coefficient (Wildman–Crippen LogP) is 4.49. The number of nitrogens with zero attached hydrogens (tertiary/aromatic N) is 4. The van der Waals surface area contributed by atoms with Crippen LogP contribution in [0.4, 0.5) is 27.8 Å². The lowest BCUT2D eigenvalue weighted by molar-refractivity contribution is -0.141. The number of aryl methyl sites for hydroxylation is 2. The molecule has 0 unspecified atom stereocenters. The molecule has 4 rings (SSSR count). The molecule has 0 aliphatic heterocycles. The van der Waals surface area contributed by atoms with E-state index < -0.39 is 29.6 Å². The van der Waals surface area contributed by atoms with Crippen LogP contribution in [0.3, 0.4) is 0 Å². The van der Waals surface area contributed by atoms with Crippen LogP contribution in [-0.4, -0.2) is 31.3 Å². The SMILES string of the molecule is Cc1cc2c(cc(C)n2Cc2cnc(C(F)(F)F)cn2)nc1NC(=O)C[C@H]1CC1(F)F. The lowest BCUT2D eigenvalue weighted by Gasteiger charge is -2.11. The predicted molar refractivity (Wildman–Crippen MR) is 102 cm³/mol. The Kier molecular flexibility index (Phi) is 4.94. The van der Waals surface area contributed by atoms with Crippen LogP contribution in [0.1, 0.15) is 35.5 Å². The fraction of sp³-hybridized carbons (Fsp3) is 0.400. The minimum atomic E-state index is -4.56. The van der Waals surface area contributed by atoms with Gasteiger partial charge >= 0.3 is 6.18 Å². The van der Waals surface area contributed by atoms with Gasteiger partial charge in [-0.25, -0.2) is 18.7 Å². The first-order chi connectivity index (χ1) is 14.4. The fourth-order valence-corrected chi connectivity index (χ4v) is 3.38. The average Bonchev–Trinajstić information content (AvgIpc) is 3.15. The van der Waals surface area contributed by atoms with E-state index >= 15 is 0 Å². The van der Waals surface area contributed by atoms with Gasteiger partial charge in [0, 0.05) is 24.5 Å². The number of aromatic nitrogens is 4. The first-order valence-corrected chi connectivity index (χ1v) is 9.47. The van der Waals surface area contributed by atoms with Gasteiger partial charge in [-0.15, -0.1) is 0 Å². The molecule has 164 valence electrons. The Bertz CT molecular complexity index is 1150. The lowest BCUT2D eigenvalue weighted by Crippen LogP contribution is -2.15. The number of hydrogen-bond donors (Lipinski definition) is 1. The fourth-order valence-electron chi connectivity index (χ4n) is 3.38. The Morgan fingerprint density at radius 1 is 1.23 bits per heavy atom. The summed E-state index contributed by atoms with van der Waals surface area (Å²) in [7, 11) is 0. The molecule has 3 aromatic rings. The number of hydrogen-bond acceptors (Lipinski definition) is 4. The minimum absolute atomic E-state index is 0.185. The maximum absolute atomic E-state index is 13.0. The van der Waals surface area contributed by atoms with Gasteiger partial charge in [-0.3, -0.25) is 9.78 Å². The highest BCUT2D eigenvalue weighted by Crippen LogP contribution is 2.50. The number of carbonyl (C=O) groups excluding carboxylic acids is 1. The van der Waals surface area contributed by atoms with Gasteiger partial charge in [0.05, 0.1) is 35.7 Å². The molecule has 0 saturated heterocycles. The molecule has 31 heavy (non-hydrogen) atoms. The highest BCUT2D eigenvalue weighted by molar-refractivity contribution is 5.92. The van der Waals surface area contributed by atoms with Crippen molar-refractivity contribution in [1.82, 2.24) is 19.5 Å². The highest BCUT2D eigenvalue weighted by Gasteiger charge is 2.57. The summed E-state index contributed by atoms with van der Waals surface area (Å²) in [4.78, 5) is 23.8. The van der Waals surface area contributed by atoms with E-state index in [4.69, 9.17) is 0 Å². The molecule has 0 radical (unpaired) electrons. The second-order valence-corrected chi connectivity index (χ2v) is 7.74. The van der Waals surface area contributed by atoms with Crippen LogP contribution in [-0.2, 0) is 17.5 Å².